The topological polar surface area (TPSA) is 96.0 Å². The molecule has 0 aromatic heterocycles. The molecule has 0 bridgehead atoms. The minimum atomic E-state index is -3.88. The highest BCUT2D eigenvalue weighted by atomic mass is 32.2. The SMILES string of the molecule is COCCN(CC(F)F)C(=O)c1ccc(S(=O)(=O)N2CCNC(=O)C2)cc1. The molecule has 1 fully saturated rings. The molecular weight excluding hydrogens is 384 g/mol. The van der Waals surface area contributed by atoms with Gasteiger partial charge in [-0.2, -0.15) is 4.31 Å². The van der Waals surface area contributed by atoms with E-state index in [1.807, 2.05) is 0 Å². The van der Waals surface area contributed by atoms with Crippen LogP contribution in [0, 0.1) is 0 Å². The summed E-state index contributed by atoms with van der Waals surface area (Å²) in [5.41, 5.74) is 0.0853. The molecule has 0 aliphatic carbocycles. The lowest BCUT2D eigenvalue weighted by atomic mass is 10.2. The highest BCUT2D eigenvalue weighted by Gasteiger charge is 2.29. The van der Waals surface area contributed by atoms with Crippen LogP contribution in [-0.4, -0.2) is 82.3 Å². The zero-order valence-electron chi connectivity index (χ0n) is 14.7. The molecule has 27 heavy (non-hydrogen) atoms. The summed E-state index contributed by atoms with van der Waals surface area (Å²) < 4.78 is 56.4. The van der Waals surface area contributed by atoms with Crippen molar-refractivity contribution in [2.45, 2.75) is 11.3 Å². The van der Waals surface area contributed by atoms with Crippen LogP contribution in [0.2, 0.25) is 0 Å². The number of carbonyl (C=O) groups excluding carboxylic acids is 2. The molecule has 1 heterocycles. The Balaban J connectivity index is 2.17. The van der Waals surface area contributed by atoms with Crippen LogP contribution in [0.4, 0.5) is 8.78 Å². The predicted octanol–water partition coefficient (Wildman–Crippen LogP) is 0.161. The van der Waals surface area contributed by atoms with Crippen molar-refractivity contribution in [1.29, 1.82) is 0 Å². The Morgan fingerprint density at radius 2 is 2.00 bits per heavy atom. The molecular formula is C16H21F2N3O5S. The molecule has 150 valence electrons. The van der Waals surface area contributed by atoms with Gasteiger partial charge in [0, 0.05) is 32.3 Å². The third-order valence-corrected chi connectivity index (χ3v) is 5.81. The van der Waals surface area contributed by atoms with Gasteiger partial charge in [-0.3, -0.25) is 9.59 Å². The first-order valence-electron chi connectivity index (χ1n) is 8.19. The number of alkyl halides is 2. The number of ether oxygens (including phenoxy) is 1. The molecule has 1 saturated heterocycles. The van der Waals surface area contributed by atoms with E-state index in [2.05, 4.69) is 5.32 Å². The minimum absolute atomic E-state index is 0.0113. The highest BCUT2D eigenvalue weighted by Crippen LogP contribution is 2.18. The highest BCUT2D eigenvalue weighted by molar-refractivity contribution is 7.89. The van der Waals surface area contributed by atoms with Gasteiger partial charge in [-0.15, -0.1) is 0 Å². The third kappa shape index (κ3) is 5.44. The summed E-state index contributed by atoms with van der Waals surface area (Å²) in [7, 11) is -2.49. The van der Waals surface area contributed by atoms with Crippen LogP contribution in [-0.2, 0) is 19.6 Å². The zero-order valence-corrected chi connectivity index (χ0v) is 15.5. The molecule has 1 aromatic carbocycles. The van der Waals surface area contributed by atoms with Gasteiger partial charge in [0.2, 0.25) is 15.9 Å². The zero-order chi connectivity index (χ0) is 20.0. The van der Waals surface area contributed by atoms with Crippen LogP contribution < -0.4 is 5.32 Å². The van der Waals surface area contributed by atoms with Gasteiger partial charge in [0.05, 0.1) is 24.6 Å². The Bertz CT molecular complexity index is 771. The van der Waals surface area contributed by atoms with E-state index in [-0.39, 0.29) is 43.2 Å². The van der Waals surface area contributed by atoms with Gasteiger partial charge in [0.1, 0.15) is 0 Å². The second-order valence-electron chi connectivity index (χ2n) is 5.85. The number of nitrogens with one attached hydrogen (secondary N) is 1. The molecule has 0 spiro atoms. The average Bonchev–Trinajstić information content (AvgIpc) is 2.64. The fourth-order valence-corrected chi connectivity index (χ4v) is 3.96. The summed E-state index contributed by atoms with van der Waals surface area (Å²) in [5, 5.41) is 2.54. The normalized spacial score (nSPS) is 15.6. The monoisotopic (exact) mass is 405 g/mol. The fraction of sp³-hybridized carbons (Fsp3) is 0.500. The van der Waals surface area contributed by atoms with Crippen molar-refractivity contribution in [3.63, 3.8) is 0 Å². The summed E-state index contributed by atoms with van der Waals surface area (Å²) in [6, 6.07) is 4.99. The smallest absolute Gasteiger partial charge is 0.255 e. The Kier molecular flexibility index (Phi) is 7.22. The number of rotatable bonds is 8. The number of sulfonamides is 1. The van der Waals surface area contributed by atoms with Crippen molar-refractivity contribution in [1.82, 2.24) is 14.5 Å². The van der Waals surface area contributed by atoms with E-state index in [1.54, 1.807) is 0 Å². The Labute approximate surface area is 156 Å². The summed E-state index contributed by atoms with van der Waals surface area (Å²) >= 11 is 0. The van der Waals surface area contributed by atoms with Crippen molar-refractivity contribution < 1.29 is 31.5 Å². The van der Waals surface area contributed by atoms with Crippen LogP contribution in [0.25, 0.3) is 0 Å². The molecule has 1 aliphatic rings. The number of benzene rings is 1. The average molecular weight is 405 g/mol. The summed E-state index contributed by atoms with van der Waals surface area (Å²) in [4.78, 5) is 24.7. The number of nitrogens with zero attached hydrogens (tertiary/aromatic N) is 2. The molecule has 11 heteroatoms. The number of methoxy groups -OCH3 is 1. The maximum atomic E-state index is 12.7. The maximum absolute atomic E-state index is 12.7. The quantitative estimate of drug-likeness (QED) is 0.665. The van der Waals surface area contributed by atoms with Gasteiger partial charge in [-0.25, -0.2) is 17.2 Å². The second-order valence-corrected chi connectivity index (χ2v) is 7.79. The number of carbonyl (C=O) groups is 2. The Morgan fingerprint density at radius 1 is 1.33 bits per heavy atom. The lowest BCUT2D eigenvalue weighted by Gasteiger charge is -2.26. The second kappa shape index (κ2) is 9.20. The van der Waals surface area contributed by atoms with Crippen molar-refractivity contribution in [3.05, 3.63) is 29.8 Å². The molecule has 0 unspecified atom stereocenters. The number of halogens is 2. The minimum Gasteiger partial charge on any atom is -0.383 e. The number of hydrogen-bond donors (Lipinski definition) is 1. The van der Waals surface area contributed by atoms with Gasteiger partial charge in [-0.05, 0) is 24.3 Å². The van der Waals surface area contributed by atoms with Crippen molar-refractivity contribution in [2.24, 2.45) is 0 Å². The molecule has 0 radical (unpaired) electrons. The first-order valence-corrected chi connectivity index (χ1v) is 9.63. The van der Waals surface area contributed by atoms with Crippen LogP contribution in [0.1, 0.15) is 10.4 Å². The van der Waals surface area contributed by atoms with Gasteiger partial charge in [0.15, 0.2) is 0 Å². The van der Waals surface area contributed by atoms with Crippen molar-refractivity contribution in [3.8, 4) is 0 Å². The number of amides is 2. The maximum Gasteiger partial charge on any atom is 0.255 e. The molecule has 1 aliphatic heterocycles. The van der Waals surface area contributed by atoms with E-state index in [0.29, 0.717) is 0 Å². The first-order chi connectivity index (χ1) is 12.8. The van der Waals surface area contributed by atoms with Gasteiger partial charge < -0.3 is 15.0 Å². The molecule has 1 N–H and O–H groups in total. The van der Waals surface area contributed by atoms with Crippen molar-refractivity contribution >= 4 is 21.8 Å². The molecule has 2 amide bonds. The molecule has 0 atom stereocenters. The first kappa shape index (κ1) is 21.2. The van der Waals surface area contributed by atoms with Crippen LogP contribution in [0.3, 0.4) is 0 Å². The van der Waals surface area contributed by atoms with E-state index >= 15 is 0 Å². The van der Waals surface area contributed by atoms with E-state index in [1.165, 1.54) is 31.4 Å². The molecule has 1 aromatic rings. The van der Waals surface area contributed by atoms with E-state index in [9.17, 15) is 26.8 Å². The molecule has 2 rings (SSSR count). The standard InChI is InChI=1S/C16H21F2N3O5S/c1-26-9-8-20(10-14(17)18)16(23)12-2-4-13(5-3-12)27(24,25)21-7-6-19-15(22)11-21/h2-5,14H,6-11H2,1H3,(H,19,22). The van der Waals surface area contributed by atoms with Gasteiger partial charge in [0.25, 0.3) is 12.3 Å². The Morgan fingerprint density at radius 3 is 2.56 bits per heavy atom. The summed E-state index contributed by atoms with van der Waals surface area (Å²) in [5.74, 6) is -1.04. The van der Waals surface area contributed by atoms with E-state index in [4.69, 9.17) is 4.74 Å². The van der Waals surface area contributed by atoms with Crippen LogP contribution in [0.15, 0.2) is 29.2 Å². The van der Waals surface area contributed by atoms with Crippen LogP contribution >= 0.6 is 0 Å². The van der Waals surface area contributed by atoms with E-state index < -0.39 is 34.8 Å². The molecule has 8 nitrogen and oxygen atoms in total. The van der Waals surface area contributed by atoms with Crippen LogP contribution in [0.5, 0.6) is 0 Å². The van der Waals surface area contributed by atoms with Gasteiger partial charge in [-0.1, -0.05) is 0 Å². The van der Waals surface area contributed by atoms with Crippen molar-refractivity contribution in [2.75, 3.05) is 46.4 Å². The summed E-state index contributed by atoms with van der Waals surface area (Å²) in [6.45, 7) is -0.567. The van der Waals surface area contributed by atoms with Gasteiger partial charge >= 0.3 is 0 Å². The predicted molar refractivity (Wildman–Crippen MR) is 92.0 cm³/mol. The largest absolute Gasteiger partial charge is 0.383 e. The van der Waals surface area contributed by atoms with E-state index in [0.717, 1.165) is 9.21 Å². The Hall–Kier alpha value is -2.11. The molecule has 0 saturated carbocycles. The lowest BCUT2D eigenvalue weighted by Crippen LogP contribution is -2.49. The third-order valence-electron chi connectivity index (χ3n) is 3.95. The number of hydrogen-bond acceptors (Lipinski definition) is 5. The fourth-order valence-electron chi connectivity index (χ4n) is 2.57. The summed E-state index contributed by atoms with van der Waals surface area (Å²) in [6.07, 6.45) is -2.70. The lowest BCUT2D eigenvalue weighted by molar-refractivity contribution is -0.122. The number of piperazine rings is 1.